The van der Waals surface area contributed by atoms with Crippen molar-refractivity contribution in [2.45, 2.75) is 10.8 Å². The normalized spacial score (nSPS) is 12.0. The smallest absolute Gasteiger partial charge is 0.206 e. The fourth-order valence-corrected chi connectivity index (χ4v) is 5.16. The quantitative estimate of drug-likeness (QED) is 0.804. The highest BCUT2D eigenvalue weighted by atomic mass is 79.9. The number of benzene rings is 1. The summed E-state index contributed by atoms with van der Waals surface area (Å²) in [6.45, 7) is 0.290. The number of hydrogen-bond donors (Lipinski definition) is 0. The molecule has 1 aromatic carbocycles. The van der Waals surface area contributed by atoms with E-state index in [0.717, 1.165) is 9.35 Å². The van der Waals surface area contributed by atoms with Crippen LogP contribution in [0.25, 0.3) is 0 Å². The van der Waals surface area contributed by atoms with Crippen LogP contribution in [-0.2, 0) is 16.6 Å². The zero-order valence-corrected chi connectivity index (χ0v) is 14.0. The lowest BCUT2D eigenvalue weighted by atomic mass is 10.2. The van der Waals surface area contributed by atoms with Gasteiger partial charge in [-0.1, -0.05) is 23.7 Å². The van der Waals surface area contributed by atoms with E-state index in [9.17, 15) is 8.42 Å². The van der Waals surface area contributed by atoms with Gasteiger partial charge in [-0.15, -0.1) is 11.3 Å². The summed E-state index contributed by atoms with van der Waals surface area (Å²) in [6.07, 6.45) is 0. The van der Waals surface area contributed by atoms with Crippen molar-refractivity contribution in [2.75, 3.05) is 7.05 Å². The van der Waals surface area contributed by atoms with Gasteiger partial charge >= 0.3 is 0 Å². The minimum atomic E-state index is -3.45. The molecule has 0 amide bonds. The molecule has 1 heterocycles. The van der Waals surface area contributed by atoms with Crippen molar-refractivity contribution >= 4 is 48.9 Å². The SMILES string of the molecule is CN(Cc1cccc(Cl)c1)S(=O)(=O)c1ccc(Br)s1. The molecule has 0 spiro atoms. The molecule has 0 fully saturated rings. The molecule has 0 atom stereocenters. The van der Waals surface area contributed by atoms with Gasteiger partial charge in [0.15, 0.2) is 0 Å². The molecule has 3 nitrogen and oxygen atoms in total. The maximum Gasteiger partial charge on any atom is 0.252 e. The van der Waals surface area contributed by atoms with E-state index in [-0.39, 0.29) is 0 Å². The van der Waals surface area contributed by atoms with Gasteiger partial charge in [-0.3, -0.25) is 0 Å². The molecule has 0 aliphatic heterocycles. The maximum atomic E-state index is 12.3. The van der Waals surface area contributed by atoms with Crippen molar-refractivity contribution in [3.05, 3.63) is 50.8 Å². The van der Waals surface area contributed by atoms with Crippen LogP contribution >= 0.6 is 38.9 Å². The largest absolute Gasteiger partial charge is 0.252 e. The molecule has 0 saturated carbocycles. The first kappa shape index (κ1) is 15.0. The highest BCUT2D eigenvalue weighted by molar-refractivity contribution is 9.11. The second-order valence-electron chi connectivity index (χ2n) is 3.95. The van der Waals surface area contributed by atoms with Crippen molar-refractivity contribution in [3.63, 3.8) is 0 Å². The van der Waals surface area contributed by atoms with Crippen LogP contribution in [0, 0.1) is 0 Å². The third-order valence-corrected chi connectivity index (χ3v) is 6.64. The number of thiophene rings is 1. The first-order chi connectivity index (χ1) is 8.89. The van der Waals surface area contributed by atoms with E-state index in [1.165, 1.54) is 15.6 Å². The van der Waals surface area contributed by atoms with Gasteiger partial charge in [0.1, 0.15) is 4.21 Å². The lowest BCUT2D eigenvalue weighted by Gasteiger charge is -2.16. The molecule has 0 bridgehead atoms. The molecule has 19 heavy (non-hydrogen) atoms. The molecule has 0 unspecified atom stereocenters. The van der Waals surface area contributed by atoms with Gasteiger partial charge < -0.3 is 0 Å². The minimum Gasteiger partial charge on any atom is -0.206 e. The molecular weight excluding hydrogens is 370 g/mol. The van der Waals surface area contributed by atoms with Gasteiger partial charge in [0.25, 0.3) is 10.0 Å². The van der Waals surface area contributed by atoms with Crippen LogP contribution in [0.2, 0.25) is 5.02 Å². The van der Waals surface area contributed by atoms with Crippen LogP contribution in [0.4, 0.5) is 0 Å². The van der Waals surface area contributed by atoms with Crippen LogP contribution in [0.1, 0.15) is 5.56 Å². The van der Waals surface area contributed by atoms with Gasteiger partial charge in [0.2, 0.25) is 0 Å². The Balaban J connectivity index is 2.22. The Kier molecular flexibility index (Phi) is 4.68. The fraction of sp³-hybridized carbons (Fsp3) is 0.167. The van der Waals surface area contributed by atoms with E-state index in [2.05, 4.69) is 15.9 Å². The zero-order valence-electron chi connectivity index (χ0n) is 10.0. The maximum absolute atomic E-state index is 12.3. The summed E-state index contributed by atoms with van der Waals surface area (Å²) >= 11 is 10.4. The third kappa shape index (κ3) is 3.58. The second kappa shape index (κ2) is 5.93. The van der Waals surface area contributed by atoms with Gasteiger partial charge in [0, 0.05) is 18.6 Å². The highest BCUT2D eigenvalue weighted by Crippen LogP contribution is 2.28. The lowest BCUT2D eigenvalue weighted by molar-refractivity contribution is 0.468. The predicted molar refractivity (Wildman–Crippen MR) is 82.1 cm³/mol. The van der Waals surface area contributed by atoms with Gasteiger partial charge in [-0.05, 0) is 45.8 Å². The summed E-state index contributed by atoms with van der Waals surface area (Å²) in [5, 5.41) is 0.599. The van der Waals surface area contributed by atoms with E-state index in [1.807, 2.05) is 6.07 Å². The molecule has 0 aliphatic rings. The van der Waals surface area contributed by atoms with E-state index in [4.69, 9.17) is 11.6 Å². The number of rotatable bonds is 4. The average Bonchev–Trinajstić information content (AvgIpc) is 2.76. The highest BCUT2D eigenvalue weighted by Gasteiger charge is 2.22. The zero-order chi connectivity index (χ0) is 14.0. The monoisotopic (exact) mass is 379 g/mol. The second-order valence-corrected chi connectivity index (χ2v) is 9.12. The summed E-state index contributed by atoms with van der Waals surface area (Å²) in [5.41, 5.74) is 0.856. The number of sulfonamides is 1. The van der Waals surface area contributed by atoms with Gasteiger partial charge in [-0.25, -0.2) is 8.42 Å². The summed E-state index contributed by atoms with van der Waals surface area (Å²) in [7, 11) is -1.89. The number of nitrogens with zero attached hydrogens (tertiary/aromatic N) is 1. The molecular formula is C12H11BrClNO2S2. The molecule has 2 aromatic rings. The van der Waals surface area contributed by atoms with Gasteiger partial charge in [-0.2, -0.15) is 4.31 Å². The molecule has 102 valence electrons. The molecule has 1 aromatic heterocycles. The number of halogens is 2. The summed E-state index contributed by atoms with van der Waals surface area (Å²) < 4.78 is 27.1. The van der Waals surface area contributed by atoms with Crippen LogP contribution in [0.5, 0.6) is 0 Å². The first-order valence-corrected chi connectivity index (χ1v) is 8.78. The standard InChI is InChI=1S/C12H11BrClNO2S2/c1-15(8-9-3-2-4-10(14)7-9)19(16,17)12-6-5-11(13)18-12/h2-7H,8H2,1H3. The van der Waals surface area contributed by atoms with Crippen LogP contribution < -0.4 is 0 Å². The van der Waals surface area contributed by atoms with Crippen molar-refractivity contribution in [1.29, 1.82) is 0 Å². The molecule has 0 radical (unpaired) electrons. The van der Waals surface area contributed by atoms with Crippen molar-refractivity contribution in [3.8, 4) is 0 Å². The van der Waals surface area contributed by atoms with E-state index in [0.29, 0.717) is 15.8 Å². The van der Waals surface area contributed by atoms with Crippen molar-refractivity contribution in [1.82, 2.24) is 4.31 Å². The fourth-order valence-electron chi connectivity index (χ4n) is 1.57. The Hall–Kier alpha value is -0.400. The summed E-state index contributed by atoms with van der Waals surface area (Å²) in [4.78, 5) is 0. The van der Waals surface area contributed by atoms with E-state index < -0.39 is 10.0 Å². The molecule has 0 N–H and O–H groups in total. The van der Waals surface area contributed by atoms with Crippen LogP contribution in [0.3, 0.4) is 0 Å². The topological polar surface area (TPSA) is 37.4 Å². The Labute approximate surface area is 130 Å². The molecule has 0 saturated heterocycles. The van der Waals surface area contributed by atoms with Crippen LogP contribution in [-0.4, -0.2) is 19.8 Å². The van der Waals surface area contributed by atoms with E-state index in [1.54, 1.807) is 37.4 Å². The predicted octanol–water partition coefficient (Wildman–Crippen LogP) is 3.98. The molecule has 2 rings (SSSR count). The molecule has 7 heteroatoms. The Morgan fingerprint density at radius 1 is 1.32 bits per heavy atom. The Morgan fingerprint density at radius 3 is 2.63 bits per heavy atom. The average molecular weight is 381 g/mol. The minimum absolute atomic E-state index is 0.290. The third-order valence-electron chi connectivity index (χ3n) is 2.51. The summed E-state index contributed by atoms with van der Waals surface area (Å²) in [5.74, 6) is 0. The van der Waals surface area contributed by atoms with Crippen molar-refractivity contribution in [2.24, 2.45) is 0 Å². The Morgan fingerprint density at radius 2 is 2.05 bits per heavy atom. The number of hydrogen-bond acceptors (Lipinski definition) is 3. The van der Waals surface area contributed by atoms with E-state index >= 15 is 0 Å². The van der Waals surface area contributed by atoms with Crippen LogP contribution in [0.15, 0.2) is 44.4 Å². The van der Waals surface area contributed by atoms with Gasteiger partial charge in [0.05, 0.1) is 3.79 Å². The summed E-state index contributed by atoms with van der Waals surface area (Å²) in [6, 6.07) is 10.5. The Bertz CT molecular complexity index is 685. The molecule has 0 aliphatic carbocycles. The first-order valence-electron chi connectivity index (χ1n) is 5.36. The lowest BCUT2D eigenvalue weighted by Crippen LogP contribution is -2.25. The van der Waals surface area contributed by atoms with Crippen molar-refractivity contribution < 1.29 is 8.42 Å².